The molecule has 0 bridgehead atoms. The smallest absolute Gasteiger partial charge is 0.416 e. The molecule has 1 aromatic carbocycles. The number of carbonyl (C=O) groups excluding carboxylic acids is 1. The quantitative estimate of drug-likeness (QED) is 0.133. The highest BCUT2D eigenvalue weighted by Gasteiger charge is 2.30. The van der Waals surface area contributed by atoms with Crippen LogP contribution >= 0.6 is 0 Å². The van der Waals surface area contributed by atoms with Crippen molar-refractivity contribution in [1.29, 1.82) is 0 Å². The van der Waals surface area contributed by atoms with E-state index in [1.54, 1.807) is 45.6 Å². The third-order valence-electron chi connectivity index (χ3n) is 5.33. The predicted octanol–water partition coefficient (Wildman–Crippen LogP) is 7.63. The van der Waals surface area contributed by atoms with E-state index in [9.17, 15) is 18.0 Å². The summed E-state index contributed by atoms with van der Waals surface area (Å²) >= 11 is 0. The van der Waals surface area contributed by atoms with E-state index in [1.807, 2.05) is 38.1 Å². The Bertz CT molecular complexity index is 1300. The van der Waals surface area contributed by atoms with Crippen molar-refractivity contribution < 1.29 is 32.2 Å². The normalized spacial score (nSPS) is 12.6. The standard InChI is InChI=1S/C29H35F3N4O4.C2H6/c1-9-23(29(30,31)32)15-10-19(2)39-18-25-24(17-34-36(25)7)26(38-8)35-20(3)22-13-11-21(12-14-22)16-33-27(37)40-28(4,5)6;1-2/h9-15,17H,1,3,16,18H2,2,4-8H3,(H,33,37);1-2H3/b19-10+,23-15+,35-26?;. The van der Waals surface area contributed by atoms with Gasteiger partial charge in [-0.1, -0.05) is 57.3 Å². The number of rotatable bonds is 10. The number of carbonyl (C=O) groups is 1. The first kappa shape index (κ1) is 35.7. The number of hydrogen-bond donors (Lipinski definition) is 1. The third kappa shape index (κ3) is 11.7. The first-order chi connectivity index (χ1) is 19.6. The van der Waals surface area contributed by atoms with Crippen LogP contribution in [-0.2, 0) is 34.4 Å². The van der Waals surface area contributed by atoms with Gasteiger partial charge in [0.25, 0.3) is 0 Å². The lowest BCUT2D eigenvalue weighted by Gasteiger charge is -2.19. The van der Waals surface area contributed by atoms with Crippen LogP contribution in [0.5, 0.6) is 0 Å². The highest BCUT2D eigenvalue weighted by Crippen LogP contribution is 2.26. The van der Waals surface area contributed by atoms with Crippen LogP contribution in [0.3, 0.4) is 0 Å². The molecule has 1 heterocycles. The summed E-state index contributed by atoms with van der Waals surface area (Å²) in [5, 5.41) is 6.94. The van der Waals surface area contributed by atoms with Gasteiger partial charge >= 0.3 is 12.3 Å². The number of aliphatic imine (C=N–C) groups is 1. The zero-order chi connectivity index (χ0) is 32.1. The minimum absolute atomic E-state index is 0.00560. The van der Waals surface area contributed by atoms with Gasteiger partial charge in [-0.3, -0.25) is 4.68 Å². The number of nitrogens with zero attached hydrogens (tertiary/aromatic N) is 3. The summed E-state index contributed by atoms with van der Waals surface area (Å²) in [4.78, 5) is 16.4. The second kappa shape index (κ2) is 16.2. The summed E-state index contributed by atoms with van der Waals surface area (Å²) in [5.41, 5.74) is 1.68. The molecule has 230 valence electrons. The Balaban J connectivity index is 0.00000431. The Morgan fingerprint density at radius 2 is 1.76 bits per heavy atom. The molecule has 0 unspecified atom stereocenters. The van der Waals surface area contributed by atoms with Crippen LogP contribution in [-0.4, -0.2) is 40.7 Å². The fraction of sp³-hybridized carbons (Fsp3) is 0.387. The average molecular weight is 591 g/mol. The van der Waals surface area contributed by atoms with E-state index in [1.165, 1.54) is 13.2 Å². The molecule has 2 aromatic rings. The largest absolute Gasteiger partial charge is 0.492 e. The van der Waals surface area contributed by atoms with Gasteiger partial charge in [-0.2, -0.15) is 18.3 Å². The number of allylic oxidation sites excluding steroid dienone is 5. The summed E-state index contributed by atoms with van der Waals surface area (Å²) < 4.78 is 56.7. The summed E-state index contributed by atoms with van der Waals surface area (Å²) in [6.07, 6.45) is -0.588. The third-order valence-corrected chi connectivity index (χ3v) is 5.33. The van der Waals surface area contributed by atoms with Crippen LogP contribution < -0.4 is 5.32 Å². The monoisotopic (exact) mass is 590 g/mol. The minimum Gasteiger partial charge on any atom is -0.492 e. The van der Waals surface area contributed by atoms with E-state index >= 15 is 0 Å². The number of alkyl carbamates (subject to hydrolysis) is 1. The lowest BCUT2D eigenvalue weighted by atomic mass is 10.1. The van der Waals surface area contributed by atoms with Gasteiger partial charge in [0, 0.05) is 13.6 Å². The lowest BCUT2D eigenvalue weighted by molar-refractivity contribution is -0.0881. The molecule has 0 fully saturated rings. The van der Waals surface area contributed by atoms with Crippen molar-refractivity contribution >= 4 is 17.7 Å². The van der Waals surface area contributed by atoms with Gasteiger partial charge in [0.15, 0.2) is 0 Å². The Labute approximate surface area is 246 Å². The number of halogens is 3. The van der Waals surface area contributed by atoms with E-state index in [-0.39, 0.29) is 18.3 Å². The topological polar surface area (TPSA) is 87.0 Å². The van der Waals surface area contributed by atoms with E-state index in [0.717, 1.165) is 23.3 Å². The van der Waals surface area contributed by atoms with Crippen LogP contribution in [0.2, 0.25) is 0 Å². The van der Waals surface area contributed by atoms with Gasteiger partial charge in [0.1, 0.15) is 12.2 Å². The highest BCUT2D eigenvalue weighted by atomic mass is 19.4. The Morgan fingerprint density at radius 1 is 1.14 bits per heavy atom. The second-order valence-electron chi connectivity index (χ2n) is 9.64. The molecule has 42 heavy (non-hydrogen) atoms. The molecule has 0 aliphatic rings. The molecule has 0 spiro atoms. The minimum atomic E-state index is -4.50. The number of nitrogens with one attached hydrogen (secondary N) is 1. The molecule has 1 N–H and O–H groups in total. The van der Waals surface area contributed by atoms with Crippen LogP contribution in [0.1, 0.15) is 63.9 Å². The van der Waals surface area contributed by atoms with Crippen LogP contribution in [0.25, 0.3) is 5.70 Å². The lowest BCUT2D eigenvalue weighted by Crippen LogP contribution is -2.32. The number of benzene rings is 1. The van der Waals surface area contributed by atoms with Crippen molar-refractivity contribution in [2.45, 2.75) is 66.5 Å². The van der Waals surface area contributed by atoms with E-state index in [4.69, 9.17) is 14.2 Å². The summed E-state index contributed by atoms with van der Waals surface area (Å²) in [6.45, 7) is 18.4. The van der Waals surface area contributed by atoms with Gasteiger partial charge in [-0.05, 0) is 51.0 Å². The molecule has 1 amide bonds. The fourth-order valence-corrected chi connectivity index (χ4v) is 3.23. The van der Waals surface area contributed by atoms with Gasteiger partial charge in [-0.15, -0.1) is 0 Å². The van der Waals surface area contributed by atoms with Gasteiger partial charge in [-0.25, -0.2) is 9.79 Å². The number of alkyl halides is 3. The molecule has 0 atom stereocenters. The molecule has 11 heteroatoms. The maximum atomic E-state index is 12.9. The molecule has 0 saturated carbocycles. The number of aromatic nitrogens is 2. The molecule has 2 rings (SSSR count). The Hall–Kier alpha value is -4.28. The first-order valence-electron chi connectivity index (χ1n) is 13.2. The second-order valence-corrected chi connectivity index (χ2v) is 9.64. The van der Waals surface area contributed by atoms with Gasteiger partial charge in [0.05, 0.1) is 41.6 Å². The predicted molar refractivity (Wildman–Crippen MR) is 160 cm³/mol. The number of hydrogen-bond acceptors (Lipinski definition) is 6. The molecule has 0 saturated heterocycles. The SMILES string of the molecule is C=C/C(=C\C=C(/C)OCc1c(C(=NC(=C)c2ccc(CNC(=O)OC(C)(C)C)cc2)OC)cnn1C)C(F)(F)F.CC. The van der Waals surface area contributed by atoms with Crippen molar-refractivity contribution in [3.05, 3.63) is 95.6 Å². The number of ether oxygens (including phenoxy) is 3. The van der Waals surface area contributed by atoms with Crippen molar-refractivity contribution in [3.8, 4) is 0 Å². The first-order valence-corrected chi connectivity index (χ1v) is 13.2. The highest BCUT2D eigenvalue weighted by molar-refractivity contribution is 5.98. The van der Waals surface area contributed by atoms with E-state index in [0.29, 0.717) is 23.5 Å². The maximum Gasteiger partial charge on any atom is 0.416 e. The number of amides is 1. The summed E-state index contributed by atoms with van der Waals surface area (Å²) in [7, 11) is 3.16. The number of methoxy groups -OCH3 is 1. The Kier molecular flexibility index (Phi) is 13.8. The average Bonchev–Trinajstić information content (AvgIpc) is 3.29. The van der Waals surface area contributed by atoms with E-state index in [2.05, 4.69) is 28.6 Å². The zero-order valence-corrected chi connectivity index (χ0v) is 25.6. The van der Waals surface area contributed by atoms with E-state index < -0.39 is 23.4 Å². The molecular formula is C31H41F3N4O4. The number of aryl methyl sites for hydroxylation is 1. The summed E-state index contributed by atoms with van der Waals surface area (Å²) in [5.74, 6) is 0.497. The fourth-order valence-electron chi connectivity index (χ4n) is 3.23. The van der Waals surface area contributed by atoms with Gasteiger partial charge < -0.3 is 19.5 Å². The van der Waals surface area contributed by atoms with Crippen molar-refractivity contribution in [1.82, 2.24) is 15.1 Å². The Morgan fingerprint density at radius 3 is 2.29 bits per heavy atom. The molecule has 8 nitrogen and oxygen atoms in total. The maximum absolute atomic E-state index is 12.9. The van der Waals surface area contributed by atoms with Crippen LogP contribution in [0.4, 0.5) is 18.0 Å². The molecule has 0 aliphatic carbocycles. The van der Waals surface area contributed by atoms with Crippen molar-refractivity contribution in [2.24, 2.45) is 12.0 Å². The zero-order valence-electron chi connectivity index (χ0n) is 25.6. The molecule has 0 radical (unpaired) electrons. The summed E-state index contributed by atoms with van der Waals surface area (Å²) in [6, 6.07) is 7.31. The van der Waals surface area contributed by atoms with Crippen LogP contribution in [0, 0.1) is 0 Å². The molecular weight excluding hydrogens is 549 g/mol. The van der Waals surface area contributed by atoms with Gasteiger partial charge in [0.2, 0.25) is 5.90 Å². The van der Waals surface area contributed by atoms with Crippen molar-refractivity contribution in [2.75, 3.05) is 7.11 Å². The molecule has 0 aliphatic heterocycles. The van der Waals surface area contributed by atoms with Crippen molar-refractivity contribution in [3.63, 3.8) is 0 Å². The van der Waals surface area contributed by atoms with Crippen LogP contribution in [0.15, 0.2) is 78.2 Å². The molecule has 1 aromatic heterocycles.